The molecule has 0 bridgehead atoms. The molecule has 0 aliphatic heterocycles. The molecule has 0 unspecified atom stereocenters. The molecule has 0 aromatic heterocycles. The van der Waals surface area contributed by atoms with Gasteiger partial charge in [-0.05, 0) is 61.7 Å². The summed E-state index contributed by atoms with van der Waals surface area (Å²) in [5.74, 6) is 0.678. The molecule has 0 saturated carbocycles. The van der Waals surface area contributed by atoms with Gasteiger partial charge in [-0.1, -0.05) is 39.1 Å². The molecule has 24 heavy (non-hydrogen) atoms. The quantitative estimate of drug-likeness (QED) is 0.556. The van der Waals surface area contributed by atoms with Crippen LogP contribution in [0.1, 0.15) is 24.0 Å². The van der Waals surface area contributed by atoms with Crippen LogP contribution in [0.5, 0.6) is 5.75 Å². The van der Waals surface area contributed by atoms with Gasteiger partial charge in [-0.2, -0.15) is 0 Å². The second-order valence-corrected chi connectivity index (χ2v) is 7.20. The number of anilines is 1. The molecule has 1 amide bonds. The van der Waals surface area contributed by atoms with Crippen LogP contribution < -0.4 is 10.1 Å². The third kappa shape index (κ3) is 5.40. The Balaban J connectivity index is 1.79. The van der Waals surface area contributed by atoms with E-state index >= 15 is 0 Å². The van der Waals surface area contributed by atoms with Crippen LogP contribution in [-0.2, 0) is 4.79 Å². The minimum absolute atomic E-state index is 0.0914. The summed E-state index contributed by atoms with van der Waals surface area (Å²) < 4.78 is 6.56. The van der Waals surface area contributed by atoms with Gasteiger partial charge in [0.05, 0.1) is 17.3 Å². The number of amides is 1. The molecule has 0 fully saturated rings. The number of nitrogens with one attached hydrogen (secondary N) is 1. The second-order valence-electron chi connectivity index (χ2n) is 5.50. The van der Waals surface area contributed by atoms with Gasteiger partial charge in [-0.15, -0.1) is 0 Å². The molecular formula is C18H18BrCl2NO2. The molecule has 0 atom stereocenters. The van der Waals surface area contributed by atoms with Crippen LogP contribution in [0.15, 0.2) is 34.8 Å². The van der Waals surface area contributed by atoms with Gasteiger partial charge in [-0.25, -0.2) is 0 Å². The summed E-state index contributed by atoms with van der Waals surface area (Å²) in [5.41, 5.74) is 2.57. The minimum Gasteiger partial charge on any atom is -0.494 e. The van der Waals surface area contributed by atoms with Crippen molar-refractivity contribution in [3.8, 4) is 5.75 Å². The van der Waals surface area contributed by atoms with Crippen LogP contribution in [0.4, 0.5) is 5.69 Å². The van der Waals surface area contributed by atoms with E-state index in [0.29, 0.717) is 30.2 Å². The van der Waals surface area contributed by atoms with Gasteiger partial charge in [0.2, 0.25) is 5.91 Å². The highest BCUT2D eigenvalue weighted by Crippen LogP contribution is 2.27. The molecule has 128 valence electrons. The van der Waals surface area contributed by atoms with Crippen molar-refractivity contribution in [2.75, 3.05) is 11.9 Å². The zero-order valence-electron chi connectivity index (χ0n) is 13.5. The molecule has 0 radical (unpaired) electrons. The largest absolute Gasteiger partial charge is 0.494 e. The highest BCUT2D eigenvalue weighted by molar-refractivity contribution is 9.10. The van der Waals surface area contributed by atoms with E-state index in [1.54, 1.807) is 12.1 Å². The first-order valence-corrected chi connectivity index (χ1v) is 9.06. The fourth-order valence-electron chi connectivity index (χ4n) is 2.22. The highest BCUT2D eigenvalue weighted by Gasteiger charge is 2.07. The number of halogens is 3. The maximum Gasteiger partial charge on any atom is 0.224 e. The second kappa shape index (κ2) is 8.75. The molecule has 0 saturated heterocycles. The molecule has 1 N–H and O–H groups in total. The Hall–Kier alpha value is -1.23. The molecule has 6 heteroatoms. The van der Waals surface area contributed by atoms with Crippen LogP contribution >= 0.6 is 39.1 Å². The number of hydrogen-bond donors (Lipinski definition) is 1. The smallest absolute Gasteiger partial charge is 0.224 e. The number of rotatable bonds is 6. The summed E-state index contributed by atoms with van der Waals surface area (Å²) in [7, 11) is 0. The minimum atomic E-state index is -0.0914. The number of benzene rings is 2. The molecule has 2 aromatic carbocycles. The van der Waals surface area contributed by atoms with E-state index in [1.165, 1.54) is 0 Å². The highest BCUT2D eigenvalue weighted by atomic mass is 79.9. The van der Waals surface area contributed by atoms with Crippen molar-refractivity contribution in [1.82, 2.24) is 0 Å². The molecule has 2 rings (SSSR count). The number of hydrogen-bond acceptors (Lipinski definition) is 2. The Morgan fingerprint density at radius 2 is 1.83 bits per heavy atom. The summed E-state index contributed by atoms with van der Waals surface area (Å²) in [6.45, 7) is 4.34. The fraction of sp³-hybridized carbons (Fsp3) is 0.278. The molecule has 3 nitrogen and oxygen atoms in total. The number of carbonyl (C=O) groups excluding carboxylic acids is 1. The number of carbonyl (C=O) groups is 1. The van der Waals surface area contributed by atoms with Crippen LogP contribution in [0, 0.1) is 13.8 Å². The molecule has 0 spiro atoms. The van der Waals surface area contributed by atoms with Gasteiger partial charge < -0.3 is 10.1 Å². The van der Waals surface area contributed by atoms with Crippen molar-refractivity contribution in [2.45, 2.75) is 26.7 Å². The Kier molecular flexibility index (Phi) is 6.96. The summed E-state index contributed by atoms with van der Waals surface area (Å²) in [6, 6.07) is 9.13. The van der Waals surface area contributed by atoms with Gasteiger partial charge >= 0.3 is 0 Å². The van der Waals surface area contributed by atoms with Crippen LogP contribution in [0.2, 0.25) is 10.0 Å². The maximum absolute atomic E-state index is 12.0. The third-order valence-electron chi connectivity index (χ3n) is 3.43. The van der Waals surface area contributed by atoms with E-state index in [1.807, 2.05) is 32.0 Å². The summed E-state index contributed by atoms with van der Waals surface area (Å²) >= 11 is 15.5. The third-order valence-corrected chi connectivity index (χ3v) is 4.83. The zero-order valence-corrected chi connectivity index (χ0v) is 16.6. The van der Waals surface area contributed by atoms with E-state index in [0.717, 1.165) is 26.4 Å². The SMILES string of the molecule is Cc1cc(OCCCC(=O)Nc2ccc(Br)cc2Cl)cc(C)c1Cl. The van der Waals surface area contributed by atoms with Crippen molar-refractivity contribution in [1.29, 1.82) is 0 Å². The summed E-state index contributed by atoms with van der Waals surface area (Å²) in [6.07, 6.45) is 0.971. The van der Waals surface area contributed by atoms with Gasteiger partial charge in [0, 0.05) is 15.9 Å². The topological polar surface area (TPSA) is 38.3 Å². The van der Waals surface area contributed by atoms with Crippen molar-refractivity contribution < 1.29 is 9.53 Å². The molecule has 2 aromatic rings. The van der Waals surface area contributed by atoms with Crippen LogP contribution in [0.25, 0.3) is 0 Å². The first kappa shape index (κ1) is 19.1. The van der Waals surface area contributed by atoms with E-state index in [9.17, 15) is 4.79 Å². The number of ether oxygens (including phenoxy) is 1. The lowest BCUT2D eigenvalue weighted by Gasteiger charge is -2.10. The lowest BCUT2D eigenvalue weighted by Crippen LogP contribution is -2.13. The Bertz CT molecular complexity index is 727. The standard InChI is InChI=1S/C18H18BrCl2NO2/c1-11-8-14(9-12(2)18(11)21)24-7-3-4-17(23)22-16-6-5-13(19)10-15(16)20/h5-6,8-10H,3-4,7H2,1-2H3,(H,22,23). The van der Waals surface area contributed by atoms with Gasteiger partial charge in [0.15, 0.2) is 0 Å². The van der Waals surface area contributed by atoms with E-state index in [2.05, 4.69) is 21.2 Å². The number of aryl methyl sites for hydroxylation is 2. The molecule has 0 heterocycles. The first-order valence-electron chi connectivity index (χ1n) is 7.51. The van der Waals surface area contributed by atoms with Crippen LogP contribution in [-0.4, -0.2) is 12.5 Å². The lowest BCUT2D eigenvalue weighted by molar-refractivity contribution is -0.116. The predicted molar refractivity (Wildman–Crippen MR) is 103 cm³/mol. The van der Waals surface area contributed by atoms with E-state index < -0.39 is 0 Å². The molecule has 0 aliphatic rings. The van der Waals surface area contributed by atoms with Crippen LogP contribution in [0.3, 0.4) is 0 Å². The first-order chi connectivity index (χ1) is 11.4. The Morgan fingerprint density at radius 1 is 1.17 bits per heavy atom. The average molecular weight is 431 g/mol. The predicted octanol–water partition coefficient (Wildman–Crippen LogP) is 6.17. The average Bonchev–Trinajstić information content (AvgIpc) is 2.52. The summed E-state index contributed by atoms with van der Waals surface area (Å²) in [4.78, 5) is 12.0. The summed E-state index contributed by atoms with van der Waals surface area (Å²) in [5, 5.41) is 4.06. The van der Waals surface area contributed by atoms with Gasteiger partial charge in [-0.3, -0.25) is 4.79 Å². The van der Waals surface area contributed by atoms with Crippen molar-refractivity contribution in [2.24, 2.45) is 0 Å². The lowest BCUT2D eigenvalue weighted by atomic mass is 10.1. The molecular weight excluding hydrogens is 413 g/mol. The van der Waals surface area contributed by atoms with Crippen molar-refractivity contribution in [3.63, 3.8) is 0 Å². The Labute approximate surface area is 160 Å². The van der Waals surface area contributed by atoms with Crippen molar-refractivity contribution >= 4 is 50.7 Å². The molecule has 0 aliphatic carbocycles. The fourth-order valence-corrected chi connectivity index (χ4v) is 3.05. The monoisotopic (exact) mass is 429 g/mol. The zero-order chi connectivity index (χ0) is 17.7. The van der Waals surface area contributed by atoms with Gasteiger partial charge in [0.1, 0.15) is 5.75 Å². The maximum atomic E-state index is 12.0. The van der Waals surface area contributed by atoms with Crippen molar-refractivity contribution in [3.05, 3.63) is 56.0 Å². The van der Waals surface area contributed by atoms with E-state index in [4.69, 9.17) is 27.9 Å². The van der Waals surface area contributed by atoms with Gasteiger partial charge in [0.25, 0.3) is 0 Å². The van der Waals surface area contributed by atoms with E-state index in [-0.39, 0.29) is 5.91 Å². The Morgan fingerprint density at radius 3 is 2.46 bits per heavy atom. The normalized spacial score (nSPS) is 10.5.